The van der Waals surface area contributed by atoms with Gasteiger partial charge in [-0.1, -0.05) is 54.6 Å². The number of hydrogen-bond acceptors (Lipinski definition) is 1. The summed E-state index contributed by atoms with van der Waals surface area (Å²) in [6.07, 6.45) is 2.16. The number of aliphatic hydroxyl groups excluding tert-OH is 1. The van der Waals surface area contributed by atoms with E-state index >= 15 is 0 Å². The summed E-state index contributed by atoms with van der Waals surface area (Å²) in [5.74, 6) is 1.31. The van der Waals surface area contributed by atoms with E-state index in [1.165, 1.54) is 33.5 Å². The van der Waals surface area contributed by atoms with Crippen LogP contribution in [-0.2, 0) is 0 Å². The molecule has 1 N–H and O–H groups in total. The Morgan fingerprint density at radius 3 is 2.40 bits per heavy atom. The van der Waals surface area contributed by atoms with E-state index in [2.05, 4.69) is 54.6 Å². The van der Waals surface area contributed by atoms with Crippen molar-refractivity contribution < 1.29 is 5.11 Å². The molecule has 0 spiro atoms. The molecule has 0 heterocycles. The van der Waals surface area contributed by atoms with E-state index in [4.69, 9.17) is 5.11 Å². The smallest absolute Gasteiger partial charge is 0.0433 e. The van der Waals surface area contributed by atoms with Gasteiger partial charge in [-0.3, -0.25) is 0 Å². The molecule has 1 aliphatic carbocycles. The van der Waals surface area contributed by atoms with Crippen molar-refractivity contribution in [2.75, 3.05) is 6.61 Å². The normalized spacial score (nSPS) is 21.4. The van der Waals surface area contributed by atoms with Gasteiger partial charge in [0.2, 0.25) is 0 Å². The lowest BCUT2D eigenvalue weighted by molar-refractivity contribution is 0.279. The van der Waals surface area contributed by atoms with E-state index < -0.39 is 0 Å². The molecule has 0 aliphatic heterocycles. The third-order valence-electron chi connectivity index (χ3n) is 4.62. The molecule has 4 rings (SSSR count). The summed E-state index contributed by atoms with van der Waals surface area (Å²) >= 11 is 0. The minimum absolute atomic E-state index is 0.312. The van der Waals surface area contributed by atoms with Crippen molar-refractivity contribution in [3.63, 3.8) is 0 Å². The van der Waals surface area contributed by atoms with E-state index in [1.807, 2.05) is 0 Å². The zero-order valence-electron chi connectivity index (χ0n) is 11.4. The highest BCUT2D eigenvalue weighted by Crippen LogP contribution is 2.52. The topological polar surface area (TPSA) is 20.2 Å². The molecule has 20 heavy (non-hydrogen) atoms. The average molecular weight is 262 g/mol. The molecule has 1 aliphatic rings. The molecule has 1 fully saturated rings. The predicted molar refractivity (Wildman–Crippen MR) is 84.0 cm³/mol. The first-order valence-corrected chi connectivity index (χ1v) is 7.40. The molecule has 0 amide bonds. The van der Waals surface area contributed by atoms with Crippen molar-refractivity contribution in [2.24, 2.45) is 5.92 Å². The van der Waals surface area contributed by atoms with E-state index in [0.29, 0.717) is 18.4 Å². The van der Waals surface area contributed by atoms with Crippen molar-refractivity contribution in [1.29, 1.82) is 0 Å². The van der Waals surface area contributed by atoms with Crippen LogP contribution in [0.25, 0.3) is 21.5 Å². The molecule has 2 atom stereocenters. The van der Waals surface area contributed by atoms with Gasteiger partial charge in [-0.25, -0.2) is 0 Å². The minimum Gasteiger partial charge on any atom is -0.396 e. The lowest BCUT2D eigenvalue weighted by Gasteiger charge is -2.10. The fourth-order valence-corrected chi connectivity index (χ4v) is 3.50. The third kappa shape index (κ3) is 1.82. The lowest BCUT2D eigenvalue weighted by Crippen LogP contribution is -1.90. The fourth-order valence-electron chi connectivity index (χ4n) is 3.50. The largest absolute Gasteiger partial charge is 0.396 e. The molecule has 3 aromatic carbocycles. The average Bonchev–Trinajstić information content (AvgIpc) is 3.26. The molecule has 1 nitrogen and oxygen atoms in total. The van der Waals surface area contributed by atoms with Gasteiger partial charge in [0.25, 0.3) is 0 Å². The summed E-state index contributed by atoms with van der Waals surface area (Å²) in [5, 5.41) is 14.5. The van der Waals surface area contributed by atoms with Crippen molar-refractivity contribution in [1.82, 2.24) is 0 Å². The third-order valence-corrected chi connectivity index (χ3v) is 4.62. The minimum atomic E-state index is 0.312. The van der Waals surface area contributed by atoms with Crippen molar-refractivity contribution in [3.8, 4) is 0 Å². The molecular formula is C19H18O. The summed E-state index contributed by atoms with van der Waals surface area (Å²) in [5.41, 5.74) is 1.47. The lowest BCUT2D eigenvalue weighted by atomic mass is 9.94. The van der Waals surface area contributed by atoms with Crippen LogP contribution in [0.3, 0.4) is 0 Å². The van der Waals surface area contributed by atoms with Crippen LogP contribution in [0, 0.1) is 5.92 Å². The molecule has 0 bridgehead atoms. The van der Waals surface area contributed by atoms with Gasteiger partial charge in [-0.15, -0.1) is 0 Å². The molecule has 1 heteroatoms. The Balaban J connectivity index is 1.95. The van der Waals surface area contributed by atoms with Crippen LogP contribution < -0.4 is 0 Å². The van der Waals surface area contributed by atoms with Gasteiger partial charge in [0.05, 0.1) is 0 Å². The van der Waals surface area contributed by atoms with Crippen LogP contribution in [0.1, 0.15) is 24.3 Å². The molecule has 0 saturated heterocycles. The van der Waals surface area contributed by atoms with Gasteiger partial charge >= 0.3 is 0 Å². The first kappa shape index (κ1) is 11.9. The maximum absolute atomic E-state index is 9.13. The SMILES string of the molecule is OCC[C@H]1C[C@@H]1c1cc2ccccc2c2ccccc12. The number of benzene rings is 3. The highest BCUT2D eigenvalue weighted by atomic mass is 16.3. The van der Waals surface area contributed by atoms with Crippen LogP contribution in [0.2, 0.25) is 0 Å². The molecule has 3 aromatic rings. The number of fused-ring (bicyclic) bond motifs is 3. The van der Waals surface area contributed by atoms with E-state index in [-0.39, 0.29) is 0 Å². The second kappa shape index (κ2) is 4.60. The van der Waals surface area contributed by atoms with Crippen LogP contribution in [-0.4, -0.2) is 11.7 Å². The summed E-state index contributed by atoms with van der Waals surface area (Å²) in [7, 11) is 0. The maximum atomic E-state index is 9.13. The van der Waals surface area contributed by atoms with Crippen molar-refractivity contribution in [3.05, 3.63) is 60.2 Å². The summed E-state index contributed by atoms with van der Waals surface area (Å²) < 4.78 is 0. The molecule has 0 radical (unpaired) electrons. The quantitative estimate of drug-likeness (QED) is 0.690. The molecular weight excluding hydrogens is 244 g/mol. The zero-order valence-corrected chi connectivity index (χ0v) is 11.4. The standard InChI is InChI=1S/C19H18O/c20-10-9-14-11-18(14)19-12-13-5-1-2-6-15(13)16-7-3-4-8-17(16)19/h1-8,12,14,18,20H,9-11H2/t14-,18-/m0/s1. The highest BCUT2D eigenvalue weighted by Gasteiger charge is 2.38. The Kier molecular flexibility index (Phi) is 2.75. The first-order chi connectivity index (χ1) is 9.88. The Labute approximate surface area is 118 Å². The number of hydrogen-bond donors (Lipinski definition) is 1. The zero-order chi connectivity index (χ0) is 13.5. The van der Waals surface area contributed by atoms with Gasteiger partial charge < -0.3 is 5.11 Å². The van der Waals surface area contributed by atoms with Gasteiger partial charge in [0.1, 0.15) is 0 Å². The van der Waals surface area contributed by atoms with Crippen LogP contribution in [0.15, 0.2) is 54.6 Å². The van der Waals surface area contributed by atoms with Gasteiger partial charge in [-0.05, 0) is 51.8 Å². The van der Waals surface area contributed by atoms with Crippen LogP contribution >= 0.6 is 0 Å². The molecule has 0 aromatic heterocycles. The Morgan fingerprint density at radius 2 is 1.60 bits per heavy atom. The maximum Gasteiger partial charge on any atom is 0.0433 e. The number of rotatable bonds is 3. The summed E-state index contributed by atoms with van der Waals surface area (Å²) in [4.78, 5) is 0. The fraction of sp³-hybridized carbons (Fsp3) is 0.263. The van der Waals surface area contributed by atoms with E-state index in [9.17, 15) is 0 Å². The number of aliphatic hydroxyl groups is 1. The first-order valence-electron chi connectivity index (χ1n) is 7.40. The van der Waals surface area contributed by atoms with Crippen molar-refractivity contribution in [2.45, 2.75) is 18.8 Å². The second-order valence-corrected chi connectivity index (χ2v) is 5.85. The summed E-state index contributed by atoms with van der Waals surface area (Å²) in [6.45, 7) is 0.312. The van der Waals surface area contributed by atoms with Gasteiger partial charge in [-0.2, -0.15) is 0 Å². The molecule has 100 valence electrons. The van der Waals surface area contributed by atoms with Crippen LogP contribution in [0.5, 0.6) is 0 Å². The monoisotopic (exact) mass is 262 g/mol. The second-order valence-electron chi connectivity index (χ2n) is 5.85. The Hall–Kier alpha value is -1.86. The van der Waals surface area contributed by atoms with Gasteiger partial charge in [0, 0.05) is 6.61 Å². The van der Waals surface area contributed by atoms with Crippen molar-refractivity contribution >= 4 is 21.5 Å². The van der Waals surface area contributed by atoms with E-state index in [0.717, 1.165) is 6.42 Å². The predicted octanol–water partition coefficient (Wildman–Crippen LogP) is 4.48. The molecule has 1 saturated carbocycles. The summed E-state index contributed by atoms with van der Waals surface area (Å²) in [6, 6.07) is 19.7. The van der Waals surface area contributed by atoms with Gasteiger partial charge in [0.15, 0.2) is 0 Å². The highest BCUT2D eigenvalue weighted by molar-refractivity contribution is 6.09. The van der Waals surface area contributed by atoms with Crippen LogP contribution in [0.4, 0.5) is 0 Å². The molecule has 0 unspecified atom stereocenters. The van der Waals surface area contributed by atoms with E-state index in [1.54, 1.807) is 0 Å². The Bertz CT molecular complexity index is 775. The Morgan fingerprint density at radius 1 is 0.900 bits per heavy atom.